The van der Waals surface area contributed by atoms with E-state index in [-0.39, 0.29) is 17.7 Å². The topological polar surface area (TPSA) is 113 Å². The molecule has 1 aliphatic rings. The summed E-state index contributed by atoms with van der Waals surface area (Å²) in [5.41, 5.74) is 1.01. The molecule has 2 aromatic carbocycles. The van der Waals surface area contributed by atoms with Crippen LogP contribution in [0.15, 0.2) is 54.1 Å². The molecule has 3 rings (SSSR count). The maximum Gasteiger partial charge on any atom is 0.335 e. The number of aromatic carboxylic acids is 1. The summed E-state index contributed by atoms with van der Waals surface area (Å²) in [7, 11) is 1.53. The van der Waals surface area contributed by atoms with Gasteiger partial charge in [0.25, 0.3) is 11.8 Å². The van der Waals surface area contributed by atoms with E-state index in [1.807, 2.05) is 0 Å². The van der Waals surface area contributed by atoms with Crippen LogP contribution in [0.4, 0.5) is 4.79 Å². The van der Waals surface area contributed by atoms with E-state index in [1.165, 1.54) is 37.5 Å². The Bertz CT molecular complexity index is 977. The molecule has 0 bridgehead atoms. The standard InChI is InChI=1S/C20H16N2O6/c1-28-15-8-4-13(5-9-15)11-22-18(24)16(17(23)21-20(22)27)10-12-2-6-14(7-3-12)19(25)26/h2-10H,11H2,1H3,(H,25,26)(H,21,23,27). The van der Waals surface area contributed by atoms with Crippen LogP contribution in [0.25, 0.3) is 6.08 Å². The molecule has 0 aromatic heterocycles. The number of rotatable bonds is 5. The number of nitrogens with one attached hydrogen (secondary N) is 1. The van der Waals surface area contributed by atoms with Gasteiger partial charge >= 0.3 is 12.0 Å². The summed E-state index contributed by atoms with van der Waals surface area (Å²) in [4.78, 5) is 48.8. The van der Waals surface area contributed by atoms with Crippen molar-refractivity contribution < 1.29 is 29.0 Å². The van der Waals surface area contributed by atoms with Gasteiger partial charge in [-0.25, -0.2) is 9.59 Å². The van der Waals surface area contributed by atoms with Crippen molar-refractivity contribution in [3.8, 4) is 5.75 Å². The number of carbonyl (C=O) groups is 4. The lowest BCUT2D eigenvalue weighted by atomic mass is 10.1. The van der Waals surface area contributed by atoms with Gasteiger partial charge in [0, 0.05) is 0 Å². The maximum atomic E-state index is 12.7. The lowest BCUT2D eigenvalue weighted by Crippen LogP contribution is -2.53. The molecule has 0 aliphatic carbocycles. The SMILES string of the molecule is COc1ccc(CN2C(=O)NC(=O)C(=Cc3ccc(C(=O)O)cc3)C2=O)cc1. The highest BCUT2D eigenvalue weighted by Crippen LogP contribution is 2.19. The second-order valence-electron chi connectivity index (χ2n) is 5.98. The minimum Gasteiger partial charge on any atom is -0.497 e. The maximum absolute atomic E-state index is 12.7. The average Bonchev–Trinajstić information content (AvgIpc) is 2.69. The number of carboxylic acid groups (broad SMARTS) is 1. The first-order chi connectivity index (χ1) is 13.4. The fraction of sp³-hybridized carbons (Fsp3) is 0.100. The molecule has 4 amide bonds. The lowest BCUT2D eigenvalue weighted by Gasteiger charge is -2.26. The summed E-state index contributed by atoms with van der Waals surface area (Å²) in [5.74, 6) is -1.98. The Balaban J connectivity index is 1.85. The molecule has 0 spiro atoms. The number of nitrogens with zero attached hydrogens (tertiary/aromatic N) is 1. The van der Waals surface area contributed by atoms with Crippen molar-refractivity contribution in [2.45, 2.75) is 6.54 Å². The molecule has 0 saturated carbocycles. The monoisotopic (exact) mass is 380 g/mol. The highest BCUT2D eigenvalue weighted by atomic mass is 16.5. The van der Waals surface area contributed by atoms with E-state index in [0.717, 1.165) is 4.90 Å². The van der Waals surface area contributed by atoms with Gasteiger partial charge in [0.2, 0.25) is 0 Å². The van der Waals surface area contributed by atoms with Crippen molar-refractivity contribution in [2.24, 2.45) is 0 Å². The third-order valence-corrected chi connectivity index (χ3v) is 4.15. The number of benzene rings is 2. The Labute approximate surface area is 160 Å². The fourth-order valence-electron chi connectivity index (χ4n) is 2.64. The second-order valence-corrected chi connectivity index (χ2v) is 5.98. The van der Waals surface area contributed by atoms with Gasteiger partial charge in [0.15, 0.2) is 0 Å². The molecule has 8 nitrogen and oxygen atoms in total. The number of methoxy groups -OCH3 is 1. The fourth-order valence-corrected chi connectivity index (χ4v) is 2.64. The van der Waals surface area contributed by atoms with E-state index in [4.69, 9.17) is 9.84 Å². The highest BCUT2D eigenvalue weighted by molar-refractivity contribution is 6.30. The Morgan fingerprint density at radius 3 is 2.29 bits per heavy atom. The second kappa shape index (κ2) is 7.75. The minimum absolute atomic E-state index is 0.0166. The van der Waals surface area contributed by atoms with Crippen LogP contribution in [0.5, 0.6) is 5.75 Å². The number of imide groups is 2. The molecule has 1 fully saturated rings. The number of hydrogen-bond donors (Lipinski definition) is 2. The van der Waals surface area contributed by atoms with Crippen molar-refractivity contribution in [1.82, 2.24) is 10.2 Å². The molecule has 1 heterocycles. The third-order valence-electron chi connectivity index (χ3n) is 4.15. The van der Waals surface area contributed by atoms with Gasteiger partial charge < -0.3 is 9.84 Å². The summed E-state index contributed by atoms with van der Waals surface area (Å²) in [6, 6.07) is 11.7. The average molecular weight is 380 g/mol. The molecule has 8 heteroatoms. The Kier molecular flexibility index (Phi) is 5.21. The molecule has 2 N–H and O–H groups in total. The molecule has 142 valence electrons. The van der Waals surface area contributed by atoms with Gasteiger partial charge in [-0.3, -0.25) is 19.8 Å². The van der Waals surface area contributed by atoms with E-state index in [9.17, 15) is 19.2 Å². The summed E-state index contributed by atoms with van der Waals surface area (Å²) in [6.07, 6.45) is 1.32. The minimum atomic E-state index is -1.08. The van der Waals surface area contributed by atoms with E-state index in [0.29, 0.717) is 16.9 Å². The molecule has 28 heavy (non-hydrogen) atoms. The van der Waals surface area contributed by atoms with Gasteiger partial charge in [0.1, 0.15) is 11.3 Å². The lowest BCUT2D eigenvalue weighted by molar-refractivity contribution is -0.130. The molecule has 1 saturated heterocycles. The summed E-state index contributed by atoms with van der Waals surface area (Å²) in [5, 5.41) is 11.1. The largest absolute Gasteiger partial charge is 0.497 e. The van der Waals surface area contributed by atoms with Gasteiger partial charge in [-0.1, -0.05) is 24.3 Å². The summed E-state index contributed by atoms with van der Waals surface area (Å²) >= 11 is 0. The van der Waals surface area contributed by atoms with Crippen molar-refractivity contribution in [1.29, 1.82) is 0 Å². The van der Waals surface area contributed by atoms with E-state index in [2.05, 4.69) is 5.32 Å². The van der Waals surface area contributed by atoms with Crippen LogP contribution in [0, 0.1) is 0 Å². The Morgan fingerprint density at radius 2 is 1.71 bits per heavy atom. The van der Waals surface area contributed by atoms with E-state index < -0.39 is 23.8 Å². The summed E-state index contributed by atoms with van der Waals surface area (Å²) < 4.78 is 5.07. The number of carbonyl (C=O) groups excluding carboxylic acids is 3. The quantitative estimate of drug-likeness (QED) is 0.606. The van der Waals surface area contributed by atoms with Crippen LogP contribution >= 0.6 is 0 Å². The molecule has 0 unspecified atom stereocenters. The molecule has 0 atom stereocenters. The summed E-state index contributed by atoms with van der Waals surface area (Å²) in [6.45, 7) is -0.0166. The van der Waals surface area contributed by atoms with Crippen LogP contribution in [-0.2, 0) is 16.1 Å². The molecule has 2 aromatic rings. The van der Waals surface area contributed by atoms with Gasteiger partial charge in [-0.2, -0.15) is 0 Å². The zero-order chi connectivity index (χ0) is 20.3. The van der Waals surface area contributed by atoms with Crippen molar-refractivity contribution in [3.63, 3.8) is 0 Å². The third kappa shape index (κ3) is 3.90. The first-order valence-electron chi connectivity index (χ1n) is 8.24. The zero-order valence-electron chi connectivity index (χ0n) is 14.8. The smallest absolute Gasteiger partial charge is 0.335 e. The van der Waals surface area contributed by atoms with Crippen molar-refractivity contribution in [3.05, 3.63) is 70.8 Å². The number of urea groups is 1. The van der Waals surface area contributed by atoms with Crippen LogP contribution < -0.4 is 10.1 Å². The first-order valence-corrected chi connectivity index (χ1v) is 8.24. The molecular weight excluding hydrogens is 364 g/mol. The molecular formula is C20H16N2O6. The number of barbiturate groups is 1. The van der Waals surface area contributed by atoms with Crippen LogP contribution in [-0.4, -0.2) is 40.9 Å². The zero-order valence-corrected chi connectivity index (χ0v) is 14.8. The molecule has 1 aliphatic heterocycles. The number of hydrogen-bond acceptors (Lipinski definition) is 5. The van der Waals surface area contributed by atoms with Crippen molar-refractivity contribution in [2.75, 3.05) is 7.11 Å². The van der Waals surface area contributed by atoms with E-state index >= 15 is 0 Å². The normalized spacial score (nSPS) is 15.5. The van der Waals surface area contributed by atoms with Crippen molar-refractivity contribution >= 4 is 29.9 Å². The number of ether oxygens (including phenoxy) is 1. The first kappa shape index (κ1) is 18.8. The van der Waals surface area contributed by atoms with E-state index in [1.54, 1.807) is 24.3 Å². The predicted molar refractivity (Wildman–Crippen MR) is 98.5 cm³/mol. The van der Waals surface area contributed by atoms with Crippen LogP contribution in [0.1, 0.15) is 21.5 Å². The number of carboxylic acids is 1. The van der Waals surface area contributed by atoms with Crippen LogP contribution in [0.3, 0.4) is 0 Å². The molecule has 0 radical (unpaired) electrons. The predicted octanol–water partition coefficient (Wildman–Crippen LogP) is 2.06. The van der Waals surface area contributed by atoms with Gasteiger partial charge in [0.05, 0.1) is 19.2 Å². The number of amides is 4. The van der Waals surface area contributed by atoms with Gasteiger partial charge in [-0.15, -0.1) is 0 Å². The Hall–Kier alpha value is -3.94. The van der Waals surface area contributed by atoms with Gasteiger partial charge in [-0.05, 0) is 41.5 Å². The van der Waals surface area contributed by atoms with Crippen LogP contribution in [0.2, 0.25) is 0 Å². The Morgan fingerprint density at radius 1 is 1.07 bits per heavy atom. The highest BCUT2D eigenvalue weighted by Gasteiger charge is 2.35.